The van der Waals surface area contributed by atoms with Gasteiger partial charge in [-0.25, -0.2) is 4.79 Å². The fourth-order valence-corrected chi connectivity index (χ4v) is 1.56. The van der Waals surface area contributed by atoms with Gasteiger partial charge in [0, 0.05) is 18.2 Å². The van der Waals surface area contributed by atoms with E-state index in [1.54, 1.807) is 24.3 Å². The largest absolute Gasteiger partial charge is 0.465 e. The van der Waals surface area contributed by atoms with Crippen LogP contribution in [0, 0.1) is 5.92 Å². The molecule has 0 aliphatic rings. The third-order valence-electron chi connectivity index (χ3n) is 2.70. The van der Waals surface area contributed by atoms with Crippen molar-refractivity contribution in [2.75, 3.05) is 25.5 Å². The lowest BCUT2D eigenvalue weighted by atomic mass is 10.1. The highest BCUT2D eigenvalue weighted by Crippen LogP contribution is 2.12. The molecule has 0 aliphatic carbocycles. The summed E-state index contributed by atoms with van der Waals surface area (Å²) < 4.78 is 4.64. The monoisotopic (exact) mass is 264 g/mol. The zero-order valence-corrected chi connectivity index (χ0v) is 11.5. The van der Waals surface area contributed by atoms with Crippen LogP contribution in [0.25, 0.3) is 0 Å². The molecule has 0 radical (unpaired) electrons. The van der Waals surface area contributed by atoms with Crippen LogP contribution in [0.15, 0.2) is 24.3 Å². The van der Waals surface area contributed by atoms with Crippen molar-refractivity contribution in [2.45, 2.75) is 13.8 Å². The van der Waals surface area contributed by atoms with Crippen molar-refractivity contribution in [3.05, 3.63) is 29.8 Å². The van der Waals surface area contributed by atoms with Crippen molar-refractivity contribution in [1.29, 1.82) is 0 Å². The van der Waals surface area contributed by atoms with Crippen molar-refractivity contribution >= 4 is 17.6 Å². The standard InChI is InChI=1S/C14H20N2O3/c1-4-15-9-10(2)13(17)16-12-7-5-6-11(8-12)14(18)19-3/h5-8,10,15H,4,9H2,1-3H3,(H,16,17). The number of anilines is 1. The highest BCUT2D eigenvalue weighted by atomic mass is 16.5. The number of esters is 1. The smallest absolute Gasteiger partial charge is 0.337 e. The number of carbonyl (C=O) groups excluding carboxylic acids is 2. The van der Waals surface area contributed by atoms with Gasteiger partial charge in [0.05, 0.1) is 12.7 Å². The van der Waals surface area contributed by atoms with E-state index < -0.39 is 5.97 Å². The van der Waals surface area contributed by atoms with Gasteiger partial charge < -0.3 is 15.4 Å². The van der Waals surface area contributed by atoms with E-state index in [9.17, 15) is 9.59 Å². The fourth-order valence-electron chi connectivity index (χ4n) is 1.56. The van der Waals surface area contributed by atoms with Crippen molar-refractivity contribution < 1.29 is 14.3 Å². The molecule has 0 aliphatic heterocycles. The molecule has 1 unspecified atom stereocenters. The fraction of sp³-hybridized carbons (Fsp3) is 0.429. The van der Waals surface area contributed by atoms with E-state index >= 15 is 0 Å². The SMILES string of the molecule is CCNCC(C)C(=O)Nc1cccc(C(=O)OC)c1. The number of carbonyl (C=O) groups is 2. The molecule has 0 aromatic heterocycles. The van der Waals surface area contributed by atoms with Crippen molar-refractivity contribution in [3.8, 4) is 0 Å². The van der Waals surface area contributed by atoms with Crippen LogP contribution in [-0.2, 0) is 9.53 Å². The first-order valence-corrected chi connectivity index (χ1v) is 6.28. The molecule has 1 rings (SSSR count). The van der Waals surface area contributed by atoms with Crippen LogP contribution in [0.5, 0.6) is 0 Å². The van der Waals surface area contributed by atoms with Crippen molar-refractivity contribution in [3.63, 3.8) is 0 Å². The molecule has 5 nitrogen and oxygen atoms in total. The average molecular weight is 264 g/mol. The van der Waals surface area contributed by atoms with Crippen molar-refractivity contribution in [2.24, 2.45) is 5.92 Å². The third-order valence-corrected chi connectivity index (χ3v) is 2.70. The molecule has 0 fully saturated rings. The Morgan fingerprint density at radius 1 is 1.37 bits per heavy atom. The summed E-state index contributed by atoms with van der Waals surface area (Å²) in [5.74, 6) is -0.638. The Balaban J connectivity index is 2.66. The number of methoxy groups -OCH3 is 1. The number of hydrogen-bond donors (Lipinski definition) is 2. The van der Waals surface area contributed by atoms with Crippen molar-refractivity contribution in [1.82, 2.24) is 5.32 Å². The van der Waals surface area contributed by atoms with Gasteiger partial charge in [-0.3, -0.25) is 4.79 Å². The van der Waals surface area contributed by atoms with E-state index in [2.05, 4.69) is 15.4 Å². The molecular formula is C14H20N2O3. The van der Waals surface area contributed by atoms with Crippen LogP contribution in [0.3, 0.4) is 0 Å². The Morgan fingerprint density at radius 2 is 2.11 bits per heavy atom. The second kappa shape index (κ2) is 7.53. The molecule has 2 N–H and O–H groups in total. The van der Waals surface area contributed by atoms with E-state index in [1.165, 1.54) is 7.11 Å². The predicted molar refractivity (Wildman–Crippen MR) is 74.1 cm³/mol. The summed E-state index contributed by atoms with van der Waals surface area (Å²) in [6.45, 7) is 5.29. The molecule has 0 saturated carbocycles. The Labute approximate surface area is 113 Å². The first-order valence-electron chi connectivity index (χ1n) is 6.28. The number of rotatable bonds is 6. The first-order chi connectivity index (χ1) is 9.08. The molecule has 104 valence electrons. The number of amides is 1. The van der Waals surface area contributed by atoms with Gasteiger partial charge in [-0.15, -0.1) is 0 Å². The summed E-state index contributed by atoms with van der Waals surface area (Å²) in [4.78, 5) is 23.3. The maximum atomic E-state index is 11.9. The second-order valence-corrected chi connectivity index (χ2v) is 4.27. The molecule has 1 amide bonds. The Morgan fingerprint density at radius 3 is 2.74 bits per heavy atom. The van der Waals surface area contributed by atoms with Crippen LogP contribution in [-0.4, -0.2) is 32.1 Å². The van der Waals surface area contributed by atoms with Gasteiger partial charge >= 0.3 is 5.97 Å². The van der Waals surface area contributed by atoms with Crippen LogP contribution < -0.4 is 10.6 Å². The minimum atomic E-state index is -0.420. The second-order valence-electron chi connectivity index (χ2n) is 4.27. The average Bonchev–Trinajstić information content (AvgIpc) is 2.44. The number of hydrogen-bond acceptors (Lipinski definition) is 4. The Bertz CT molecular complexity index is 446. The number of nitrogens with one attached hydrogen (secondary N) is 2. The van der Waals surface area contributed by atoms with Gasteiger partial charge in [-0.05, 0) is 24.7 Å². The zero-order valence-electron chi connectivity index (χ0n) is 11.5. The lowest BCUT2D eigenvalue weighted by Gasteiger charge is -2.12. The van der Waals surface area contributed by atoms with Crippen LogP contribution in [0.1, 0.15) is 24.2 Å². The van der Waals surface area contributed by atoms with Gasteiger partial charge in [-0.2, -0.15) is 0 Å². The minimum Gasteiger partial charge on any atom is -0.465 e. The van der Waals surface area contributed by atoms with Gasteiger partial charge in [0.15, 0.2) is 0 Å². The molecule has 0 saturated heterocycles. The van der Waals surface area contributed by atoms with Gasteiger partial charge in [0.2, 0.25) is 5.91 Å². The van der Waals surface area contributed by atoms with Crippen LogP contribution in [0.4, 0.5) is 5.69 Å². The normalized spacial score (nSPS) is 11.7. The molecule has 5 heteroatoms. The quantitative estimate of drug-likeness (QED) is 0.767. The van der Waals surface area contributed by atoms with Gasteiger partial charge in [0.25, 0.3) is 0 Å². The molecule has 0 heterocycles. The van der Waals surface area contributed by atoms with E-state index in [1.807, 2.05) is 13.8 Å². The maximum Gasteiger partial charge on any atom is 0.337 e. The Hall–Kier alpha value is -1.88. The lowest BCUT2D eigenvalue weighted by molar-refractivity contribution is -0.119. The number of benzene rings is 1. The third kappa shape index (κ3) is 4.71. The minimum absolute atomic E-state index is 0.0806. The molecule has 19 heavy (non-hydrogen) atoms. The van der Waals surface area contributed by atoms with Gasteiger partial charge in [-0.1, -0.05) is 19.9 Å². The molecule has 1 aromatic rings. The molecule has 1 aromatic carbocycles. The molecular weight excluding hydrogens is 244 g/mol. The van der Waals surface area contributed by atoms with E-state index in [-0.39, 0.29) is 11.8 Å². The lowest BCUT2D eigenvalue weighted by Crippen LogP contribution is -2.30. The number of ether oxygens (including phenoxy) is 1. The summed E-state index contributed by atoms with van der Waals surface area (Å²) in [7, 11) is 1.33. The topological polar surface area (TPSA) is 67.4 Å². The van der Waals surface area contributed by atoms with E-state index in [0.29, 0.717) is 17.8 Å². The maximum absolute atomic E-state index is 11.9. The summed E-state index contributed by atoms with van der Waals surface area (Å²) in [5.41, 5.74) is 1.01. The van der Waals surface area contributed by atoms with Gasteiger partial charge in [0.1, 0.15) is 0 Å². The summed E-state index contributed by atoms with van der Waals surface area (Å²) in [5, 5.41) is 5.90. The first kappa shape index (κ1) is 15.2. The summed E-state index contributed by atoms with van der Waals surface area (Å²) in [6.07, 6.45) is 0. The molecule has 1 atom stereocenters. The molecule has 0 bridgehead atoms. The predicted octanol–water partition coefficient (Wildman–Crippen LogP) is 1.66. The van der Waals surface area contributed by atoms with Crippen LogP contribution in [0.2, 0.25) is 0 Å². The van der Waals surface area contributed by atoms with E-state index in [4.69, 9.17) is 0 Å². The zero-order chi connectivity index (χ0) is 14.3. The van der Waals surface area contributed by atoms with Crippen LogP contribution >= 0.6 is 0 Å². The highest BCUT2D eigenvalue weighted by Gasteiger charge is 2.13. The Kier molecular flexibility index (Phi) is 6.02. The summed E-state index contributed by atoms with van der Waals surface area (Å²) >= 11 is 0. The molecule has 0 spiro atoms. The van der Waals surface area contributed by atoms with E-state index in [0.717, 1.165) is 6.54 Å². The summed E-state index contributed by atoms with van der Waals surface area (Å²) in [6, 6.07) is 6.69. The highest BCUT2D eigenvalue weighted by molar-refractivity contribution is 5.95.